The number of nitrogens with zero attached hydrogens (tertiary/aromatic N) is 3. The summed E-state index contributed by atoms with van der Waals surface area (Å²) in [5.41, 5.74) is 0.202. The van der Waals surface area contributed by atoms with E-state index in [-0.39, 0.29) is 65.7 Å². The van der Waals surface area contributed by atoms with Crippen LogP contribution in [0.25, 0.3) is 0 Å². The first-order valence-corrected chi connectivity index (χ1v) is 17.0. The molecular formula is C32H51N5O7S. The van der Waals surface area contributed by atoms with E-state index >= 15 is 0 Å². The van der Waals surface area contributed by atoms with E-state index in [0.29, 0.717) is 30.7 Å². The normalized spacial score (nSPS) is 22.7. The van der Waals surface area contributed by atoms with Crippen LogP contribution < -0.4 is 10.6 Å². The largest absolute Gasteiger partial charge is 0.481 e. The lowest BCUT2D eigenvalue weighted by Gasteiger charge is -2.37. The number of aromatic nitrogens is 1. The van der Waals surface area contributed by atoms with Crippen molar-refractivity contribution in [3.05, 3.63) is 16.1 Å². The average molecular weight is 650 g/mol. The number of thiazole rings is 1. The molecule has 0 bridgehead atoms. The molecule has 2 fully saturated rings. The summed E-state index contributed by atoms with van der Waals surface area (Å²) in [4.78, 5) is 71.7. The maximum absolute atomic E-state index is 13.9. The lowest BCUT2D eigenvalue weighted by molar-refractivity contribution is -0.149. The van der Waals surface area contributed by atoms with Crippen molar-refractivity contribution >= 4 is 41.0 Å². The van der Waals surface area contributed by atoms with Crippen molar-refractivity contribution in [3.63, 3.8) is 0 Å². The van der Waals surface area contributed by atoms with Crippen molar-refractivity contribution in [1.29, 1.82) is 0 Å². The third-order valence-electron chi connectivity index (χ3n) is 9.12. The molecular weight excluding hydrogens is 598 g/mol. The molecule has 1 aliphatic heterocycles. The molecule has 3 rings (SSSR count). The zero-order valence-electron chi connectivity index (χ0n) is 27.7. The highest BCUT2D eigenvalue weighted by Gasteiger charge is 2.37. The van der Waals surface area contributed by atoms with Crippen LogP contribution in [-0.4, -0.2) is 94.4 Å². The smallest absolute Gasteiger partial charge is 0.306 e. The van der Waals surface area contributed by atoms with Gasteiger partial charge in [-0.1, -0.05) is 34.1 Å². The molecule has 0 aromatic carbocycles. The number of carbonyl (C=O) groups excluding carboxylic acids is 4. The fourth-order valence-electron chi connectivity index (χ4n) is 6.33. The van der Waals surface area contributed by atoms with Crippen LogP contribution >= 0.6 is 11.3 Å². The monoisotopic (exact) mass is 649 g/mol. The topological polar surface area (TPSA) is 158 Å². The van der Waals surface area contributed by atoms with Gasteiger partial charge in [-0.2, -0.15) is 0 Å². The lowest BCUT2D eigenvalue weighted by Crippen LogP contribution is -2.57. The molecule has 2 aliphatic rings. The highest BCUT2D eigenvalue weighted by Crippen LogP contribution is 2.31. The second-order valence-electron chi connectivity index (χ2n) is 13.2. The standard InChI is InChI=1S/C32H51N5O7S/c1-18(2)25(37(7)31(41)27(19(3)4)35-29(40)24-10-8-9-15-36(24)6)16-26(44-20(5)38)30-34-23(17-45-30)28(39)33-22-13-11-21(12-14-22)32(42)43/h17-19,21-22,24-27H,8-16H2,1-7H3,(H,33,39)(H,35,40)(H,42,43)/t21?,22?,24-,25-,26-,27+/m1/s1. The number of nitrogens with one attached hydrogen (secondary N) is 2. The van der Waals surface area contributed by atoms with E-state index in [9.17, 15) is 29.1 Å². The van der Waals surface area contributed by atoms with E-state index in [1.807, 2.05) is 39.6 Å². The summed E-state index contributed by atoms with van der Waals surface area (Å²) in [5.74, 6) is -2.56. The first kappa shape index (κ1) is 36.4. The van der Waals surface area contributed by atoms with Crippen molar-refractivity contribution < 1.29 is 33.8 Å². The molecule has 12 nitrogen and oxygen atoms in total. The highest BCUT2D eigenvalue weighted by molar-refractivity contribution is 7.09. The summed E-state index contributed by atoms with van der Waals surface area (Å²) in [6.07, 6.45) is 4.46. The van der Waals surface area contributed by atoms with E-state index in [1.165, 1.54) is 18.3 Å². The van der Waals surface area contributed by atoms with Gasteiger partial charge in [-0.25, -0.2) is 4.98 Å². The Morgan fingerprint density at radius 2 is 1.73 bits per heavy atom. The van der Waals surface area contributed by atoms with Crippen molar-refractivity contribution in [2.24, 2.45) is 17.8 Å². The number of carboxylic acids is 1. The minimum atomic E-state index is -0.802. The number of esters is 1. The first-order chi connectivity index (χ1) is 21.2. The minimum absolute atomic E-state index is 0.0198. The SMILES string of the molecule is CC(=O)O[C@H](C[C@H](C(C)C)N(C)C(=O)[C@@H](NC(=O)[C@H]1CCCCN1C)C(C)C)c1nc(C(=O)NC2CCC(C(=O)O)CC2)cs1. The Kier molecular flexibility index (Phi) is 13.3. The molecule has 13 heteroatoms. The van der Waals surface area contributed by atoms with Gasteiger partial charge in [0, 0.05) is 37.9 Å². The number of hydrogen-bond acceptors (Lipinski definition) is 9. The fraction of sp³-hybridized carbons (Fsp3) is 0.750. The van der Waals surface area contributed by atoms with Gasteiger partial charge in [0.1, 0.15) is 16.7 Å². The quantitative estimate of drug-likeness (QED) is 0.272. The number of carboxylic acid groups (broad SMARTS) is 1. The summed E-state index contributed by atoms with van der Waals surface area (Å²) in [6, 6.07) is -1.46. The van der Waals surface area contributed by atoms with Gasteiger partial charge in [-0.3, -0.25) is 28.9 Å². The van der Waals surface area contributed by atoms with E-state index in [0.717, 1.165) is 25.8 Å². The average Bonchev–Trinajstić information content (AvgIpc) is 3.48. The van der Waals surface area contributed by atoms with Crippen molar-refractivity contribution in [2.75, 3.05) is 20.6 Å². The number of aliphatic carboxylic acids is 1. The van der Waals surface area contributed by atoms with Crippen LogP contribution in [0.4, 0.5) is 0 Å². The second-order valence-corrected chi connectivity index (χ2v) is 14.1. The first-order valence-electron chi connectivity index (χ1n) is 16.1. The Bertz CT molecular complexity index is 1200. The number of piperidine rings is 1. The molecule has 45 heavy (non-hydrogen) atoms. The molecule has 252 valence electrons. The molecule has 1 saturated carbocycles. The van der Waals surface area contributed by atoms with E-state index < -0.39 is 24.1 Å². The lowest BCUT2D eigenvalue weighted by atomic mass is 9.86. The predicted molar refractivity (Wildman–Crippen MR) is 171 cm³/mol. The molecule has 4 atom stereocenters. The third kappa shape index (κ3) is 9.96. The zero-order valence-corrected chi connectivity index (χ0v) is 28.5. The highest BCUT2D eigenvalue weighted by atomic mass is 32.1. The molecule has 1 aliphatic carbocycles. The van der Waals surface area contributed by atoms with E-state index in [1.54, 1.807) is 17.3 Å². The number of rotatable bonds is 13. The molecule has 2 heterocycles. The molecule has 3 amide bonds. The molecule has 1 saturated heterocycles. The van der Waals surface area contributed by atoms with Gasteiger partial charge in [-0.15, -0.1) is 11.3 Å². The fourth-order valence-corrected chi connectivity index (χ4v) is 7.17. The van der Waals surface area contributed by atoms with E-state index in [4.69, 9.17) is 4.74 Å². The molecule has 1 aromatic heterocycles. The Morgan fingerprint density at radius 1 is 1.07 bits per heavy atom. The van der Waals surface area contributed by atoms with Crippen molar-refractivity contribution in [2.45, 2.75) is 116 Å². The molecule has 0 spiro atoms. The van der Waals surface area contributed by atoms with Crippen LogP contribution in [0.15, 0.2) is 5.38 Å². The second kappa shape index (κ2) is 16.5. The molecule has 1 aromatic rings. The number of likely N-dealkylation sites (tertiary alicyclic amines) is 1. The van der Waals surface area contributed by atoms with Gasteiger partial charge in [0.25, 0.3) is 5.91 Å². The van der Waals surface area contributed by atoms with Crippen molar-refractivity contribution in [1.82, 2.24) is 25.4 Å². The number of amides is 3. The third-order valence-corrected chi connectivity index (χ3v) is 10.1. The number of carbonyl (C=O) groups is 5. The Hall–Kier alpha value is -3.06. The zero-order chi connectivity index (χ0) is 33.4. The van der Waals surface area contributed by atoms with Gasteiger partial charge in [0.05, 0.1) is 12.0 Å². The summed E-state index contributed by atoms with van der Waals surface area (Å²) in [7, 11) is 3.65. The van der Waals surface area contributed by atoms with Crippen molar-refractivity contribution in [3.8, 4) is 0 Å². The summed E-state index contributed by atoms with van der Waals surface area (Å²) in [6.45, 7) is 9.95. The summed E-state index contributed by atoms with van der Waals surface area (Å²) >= 11 is 1.21. The van der Waals surface area contributed by atoms with Gasteiger partial charge < -0.3 is 25.4 Å². The Labute approximate surface area is 270 Å². The Balaban J connectivity index is 1.72. The molecule has 0 radical (unpaired) electrons. The maximum atomic E-state index is 13.9. The van der Waals surface area contributed by atoms with Gasteiger partial charge in [-0.05, 0) is 64.0 Å². The van der Waals surface area contributed by atoms with Crippen LogP contribution in [0.3, 0.4) is 0 Å². The summed E-state index contributed by atoms with van der Waals surface area (Å²) < 4.78 is 5.70. The molecule has 0 unspecified atom stereocenters. The van der Waals surface area contributed by atoms with Gasteiger partial charge in [0.2, 0.25) is 11.8 Å². The van der Waals surface area contributed by atoms with Crippen LogP contribution in [0.1, 0.15) is 108 Å². The van der Waals surface area contributed by atoms with E-state index in [2.05, 4.69) is 15.6 Å². The summed E-state index contributed by atoms with van der Waals surface area (Å²) in [5, 5.41) is 17.3. The predicted octanol–water partition coefficient (Wildman–Crippen LogP) is 3.62. The number of ether oxygens (including phenoxy) is 1. The number of likely N-dealkylation sites (N-methyl/N-ethyl adjacent to an activating group) is 2. The van der Waals surface area contributed by atoms with Gasteiger partial charge in [0.15, 0.2) is 6.10 Å². The number of hydrogen-bond donors (Lipinski definition) is 3. The van der Waals surface area contributed by atoms with Crippen LogP contribution in [0, 0.1) is 17.8 Å². The molecule has 3 N–H and O–H groups in total. The maximum Gasteiger partial charge on any atom is 0.306 e. The van der Waals surface area contributed by atoms with Crippen LogP contribution in [0.2, 0.25) is 0 Å². The van der Waals surface area contributed by atoms with Crippen LogP contribution in [-0.2, 0) is 23.9 Å². The van der Waals surface area contributed by atoms with Crippen LogP contribution in [0.5, 0.6) is 0 Å². The van der Waals surface area contributed by atoms with Gasteiger partial charge >= 0.3 is 11.9 Å². The Morgan fingerprint density at radius 3 is 2.29 bits per heavy atom. The minimum Gasteiger partial charge on any atom is -0.481 e.